The van der Waals surface area contributed by atoms with Crippen LogP contribution in [-0.4, -0.2) is 30.6 Å². The Labute approximate surface area is 151 Å². The summed E-state index contributed by atoms with van der Waals surface area (Å²) in [5.41, 5.74) is 1.57. The van der Waals surface area contributed by atoms with Gasteiger partial charge in [0.15, 0.2) is 5.76 Å². The molecule has 3 rings (SSSR count). The molecule has 2 N–H and O–H groups in total. The van der Waals surface area contributed by atoms with Crippen LogP contribution in [-0.2, 0) is 11.2 Å². The summed E-state index contributed by atoms with van der Waals surface area (Å²) in [5, 5.41) is 5.40. The molecule has 1 aromatic heterocycles. The van der Waals surface area contributed by atoms with Crippen LogP contribution in [0, 0.1) is 0 Å². The Balaban J connectivity index is 1.72. The first-order valence-electron chi connectivity index (χ1n) is 8.59. The standard InChI is InChI=1S/C19H22N2O5/c1-4-24-17-9-13-8-11(2)26-16(13)10-14(17)21-18(22)12(3)20-19(23)15-6-5-7-25-15/h5-7,9-12H,4,8H2,1-3H3,(H,20,23)(H,21,22)/t11-,12-/m0/s1. The van der Waals surface area contributed by atoms with Gasteiger partial charge in [0.1, 0.15) is 23.6 Å². The molecule has 0 saturated heterocycles. The number of anilines is 1. The normalized spacial score (nSPS) is 16.3. The molecule has 0 aliphatic carbocycles. The summed E-state index contributed by atoms with van der Waals surface area (Å²) >= 11 is 0. The summed E-state index contributed by atoms with van der Waals surface area (Å²) < 4.78 is 16.4. The van der Waals surface area contributed by atoms with Crippen molar-refractivity contribution in [2.75, 3.05) is 11.9 Å². The maximum atomic E-state index is 12.5. The van der Waals surface area contributed by atoms with Gasteiger partial charge in [-0.2, -0.15) is 0 Å². The zero-order valence-corrected chi connectivity index (χ0v) is 15.0. The van der Waals surface area contributed by atoms with Crippen molar-refractivity contribution in [2.45, 2.75) is 39.3 Å². The number of furan rings is 1. The Morgan fingerprint density at radius 1 is 1.38 bits per heavy atom. The van der Waals surface area contributed by atoms with Crippen molar-refractivity contribution in [2.24, 2.45) is 0 Å². The first kappa shape index (κ1) is 17.8. The Bertz CT molecular complexity index is 801. The van der Waals surface area contributed by atoms with Gasteiger partial charge in [0.05, 0.1) is 18.6 Å². The lowest BCUT2D eigenvalue weighted by atomic mass is 10.1. The van der Waals surface area contributed by atoms with Gasteiger partial charge in [0, 0.05) is 18.1 Å². The van der Waals surface area contributed by atoms with E-state index >= 15 is 0 Å². The average Bonchev–Trinajstić information content (AvgIpc) is 3.23. The van der Waals surface area contributed by atoms with Crippen molar-refractivity contribution in [3.63, 3.8) is 0 Å². The Morgan fingerprint density at radius 3 is 2.88 bits per heavy atom. The summed E-state index contributed by atoms with van der Waals surface area (Å²) in [6.07, 6.45) is 2.30. The minimum Gasteiger partial charge on any atom is -0.492 e. The second-order valence-corrected chi connectivity index (χ2v) is 6.18. The topological polar surface area (TPSA) is 89.8 Å². The van der Waals surface area contributed by atoms with Crippen LogP contribution in [0.5, 0.6) is 11.5 Å². The quantitative estimate of drug-likeness (QED) is 0.829. The van der Waals surface area contributed by atoms with Crippen molar-refractivity contribution in [1.82, 2.24) is 5.32 Å². The van der Waals surface area contributed by atoms with Crippen LogP contribution in [0.4, 0.5) is 5.69 Å². The highest BCUT2D eigenvalue weighted by Crippen LogP contribution is 2.38. The number of hydrogen-bond donors (Lipinski definition) is 2. The third-order valence-electron chi connectivity index (χ3n) is 4.04. The van der Waals surface area contributed by atoms with Gasteiger partial charge in [0.25, 0.3) is 5.91 Å². The lowest BCUT2D eigenvalue weighted by molar-refractivity contribution is -0.117. The molecule has 2 aromatic rings. The fraction of sp³-hybridized carbons (Fsp3) is 0.368. The molecule has 1 aliphatic rings. The Morgan fingerprint density at radius 2 is 2.19 bits per heavy atom. The van der Waals surface area contributed by atoms with Crippen molar-refractivity contribution in [3.05, 3.63) is 41.9 Å². The third-order valence-corrected chi connectivity index (χ3v) is 4.04. The number of nitrogens with one attached hydrogen (secondary N) is 2. The second-order valence-electron chi connectivity index (χ2n) is 6.18. The SMILES string of the molecule is CCOc1cc2c(cc1NC(=O)[C@H](C)NC(=O)c1ccco1)O[C@@H](C)C2. The lowest BCUT2D eigenvalue weighted by Crippen LogP contribution is -2.41. The van der Waals surface area contributed by atoms with E-state index in [4.69, 9.17) is 13.9 Å². The molecule has 0 spiro atoms. The molecule has 0 bridgehead atoms. The summed E-state index contributed by atoms with van der Waals surface area (Å²) in [6, 6.07) is 6.05. The summed E-state index contributed by atoms with van der Waals surface area (Å²) in [5.74, 6) is 0.663. The van der Waals surface area contributed by atoms with Crippen LogP contribution >= 0.6 is 0 Å². The summed E-state index contributed by atoms with van der Waals surface area (Å²) in [7, 11) is 0. The molecule has 1 aliphatic heterocycles. The Hall–Kier alpha value is -2.96. The van der Waals surface area contributed by atoms with E-state index in [9.17, 15) is 9.59 Å². The van der Waals surface area contributed by atoms with E-state index in [1.807, 2.05) is 19.9 Å². The van der Waals surface area contributed by atoms with Crippen LogP contribution in [0.25, 0.3) is 0 Å². The molecule has 1 aromatic carbocycles. The Kier molecular flexibility index (Phi) is 5.16. The fourth-order valence-electron chi connectivity index (χ4n) is 2.79. The number of carbonyl (C=O) groups is 2. The number of rotatable bonds is 6. The largest absolute Gasteiger partial charge is 0.492 e. The second kappa shape index (κ2) is 7.51. The molecule has 0 unspecified atom stereocenters. The van der Waals surface area contributed by atoms with Crippen LogP contribution in [0.3, 0.4) is 0 Å². The van der Waals surface area contributed by atoms with Gasteiger partial charge >= 0.3 is 0 Å². The van der Waals surface area contributed by atoms with Crippen LogP contribution < -0.4 is 20.1 Å². The van der Waals surface area contributed by atoms with Crippen molar-refractivity contribution < 1.29 is 23.5 Å². The van der Waals surface area contributed by atoms with Crippen LogP contribution in [0.2, 0.25) is 0 Å². The maximum Gasteiger partial charge on any atom is 0.287 e. The molecular formula is C19H22N2O5. The van der Waals surface area contributed by atoms with E-state index in [1.165, 1.54) is 12.3 Å². The lowest BCUT2D eigenvalue weighted by Gasteiger charge is -2.17. The van der Waals surface area contributed by atoms with Gasteiger partial charge in [0.2, 0.25) is 5.91 Å². The molecule has 2 amide bonds. The number of hydrogen-bond acceptors (Lipinski definition) is 5. The van der Waals surface area contributed by atoms with Gasteiger partial charge in [-0.3, -0.25) is 9.59 Å². The molecule has 7 heteroatoms. The highest BCUT2D eigenvalue weighted by Gasteiger charge is 2.24. The van der Waals surface area contributed by atoms with Crippen LogP contribution in [0.1, 0.15) is 36.9 Å². The molecule has 26 heavy (non-hydrogen) atoms. The monoisotopic (exact) mass is 358 g/mol. The minimum atomic E-state index is -0.754. The predicted octanol–water partition coefficient (Wildman–Crippen LogP) is 2.76. The molecule has 138 valence electrons. The minimum absolute atomic E-state index is 0.0944. The van der Waals surface area contributed by atoms with Crippen molar-refractivity contribution in [1.29, 1.82) is 0 Å². The van der Waals surface area contributed by atoms with E-state index < -0.39 is 11.9 Å². The van der Waals surface area contributed by atoms with Gasteiger partial charge in [-0.15, -0.1) is 0 Å². The summed E-state index contributed by atoms with van der Waals surface area (Å²) in [4.78, 5) is 24.5. The van der Waals surface area contributed by atoms with Crippen molar-refractivity contribution in [3.8, 4) is 11.5 Å². The molecule has 0 fully saturated rings. The maximum absolute atomic E-state index is 12.5. The molecule has 7 nitrogen and oxygen atoms in total. The number of carbonyl (C=O) groups excluding carboxylic acids is 2. The van der Waals surface area contributed by atoms with Gasteiger partial charge in [-0.25, -0.2) is 0 Å². The van der Waals surface area contributed by atoms with E-state index in [1.54, 1.807) is 19.1 Å². The van der Waals surface area contributed by atoms with Gasteiger partial charge in [-0.05, 0) is 39.0 Å². The number of amides is 2. The zero-order chi connectivity index (χ0) is 18.7. The zero-order valence-electron chi connectivity index (χ0n) is 15.0. The first-order chi connectivity index (χ1) is 12.5. The van der Waals surface area contributed by atoms with E-state index in [2.05, 4.69) is 10.6 Å². The first-order valence-corrected chi connectivity index (χ1v) is 8.59. The van der Waals surface area contributed by atoms with E-state index in [0.717, 1.165) is 17.7 Å². The van der Waals surface area contributed by atoms with Gasteiger partial charge in [-0.1, -0.05) is 0 Å². The average molecular weight is 358 g/mol. The molecule has 0 radical (unpaired) electrons. The highest BCUT2D eigenvalue weighted by molar-refractivity contribution is 6.00. The molecular weight excluding hydrogens is 336 g/mol. The van der Waals surface area contributed by atoms with Gasteiger partial charge < -0.3 is 24.5 Å². The highest BCUT2D eigenvalue weighted by atomic mass is 16.5. The van der Waals surface area contributed by atoms with E-state index in [0.29, 0.717) is 18.0 Å². The molecule has 2 atom stereocenters. The predicted molar refractivity (Wildman–Crippen MR) is 95.7 cm³/mol. The smallest absolute Gasteiger partial charge is 0.287 e. The molecule has 0 saturated carbocycles. The number of ether oxygens (including phenoxy) is 2. The number of benzene rings is 1. The number of fused-ring (bicyclic) bond motifs is 1. The summed E-state index contributed by atoms with van der Waals surface area (Å²) in [6.45, 7) is 5.94. The van der Waals surface area contributed by atoms with E-state index in [-0.39, 0.29) is 17.8 Å². The third kappa shape index (κ3) is 3.82. The fourth-order valence-corrected chi connectivity index (χ4v) is 2.79. The molecule has 2 heterocycles. The van der Waals surface area contributed by atoms with Crippen LogP contribution in [0.15, 0.2) is 34.9 Å². The van der Waals surface area contributed by atoms with Crippen molar-refractivity contribution >= 4 is 17.5 Å².